The number of nitrogens with one attached hydrogen (secondary N) is 1. The number of hydrazone groups is 1. The first-order chi connectivity index (χ1) is 13.5. The molecular weight excluding hydrogens is 368 g/mol. The van der Waals surface area contributed by atoms with Gasteiger partial charge in [-0.3, -0.25) is 4.79 Å². The standard InChI is InChI=1S/C19H22N2O7/c1-24-13-6-11(7-14(25-2)17(13)22)10-20-21-19(23)12-8-15(26-3)18(28-5)16(9-12)27-4/h6-10,22H,1-5H3,(H,21,23)/b20-10+. The second-order valence-electron chi connectivity index (χ2n) is 5.39. The van der Waals surface area contributed by atoms with Crippen LogP contribution in [0.4, 0.5) is 0 Å². The summed E-state index contributed by atoms with van der Waals surface area (Å²) in [6.45, 7) is 0. The summed E-state index contributed by atoms with van der Waals surface area (Å²) in [5.41, 5.74) is 3.23. The Hall–Kier alpha value is -3.62. The van der Waals surface area contributed by atoms with Crippen LogP contribution < -0.4 is 29.1 Å². The number of methoxy groups -OCH3 is 5. The second-order valence-corrected chi connectivity index (χ2v) is 5.39. The van der Waals surface area contributed by atoms with Crippen LogP contribution in [0, 0.1) is 0 Å². The Balaban J connectivity index is 2.22. The molecule has 9 nitrogen and oxygen atoms in total. The lowest BCUT2D eigenvalue weighted by Crippen LogP contribution is -2.18. The van der Waals surface area contributed by atoms with Gasteiger partial charge in [0.25, 0.3) is 5.91 Å². The lowest BCUT2D eigenvalue weighted by atomic mass is 10.1. The minimum atomic E-state index is -0.479. The molecule has 0 spiro atoms. The first-order valence-electron chi connectivity index (χ1n) is 8.07. The van der Waals surface area contributed by atoms with E-state index in [-0.39, 0.29) is 22.8 Å². The SMILES string of the molecule is COc1cc(/C=N/NC(=O)c2cc(OC)c(OC)c(OC)c2)cc(OC)c1O. The predicted octanol–water partition coefficient (Wildman–Crippen LogP) is 2.20. The van der Waals surface area contributed by atoms with Gasteiger partial charge in [-0.25, -0.2) is 5.43 Å². The van der Waals surface area contributed by atoms with Gasteiger partial charge in [0.1, 0.15) is 0 Å². The summed E-state index contributed by atoms with van der Waals surface area (Å²) >= 11 is 0. The van der Waals surface area contributed by atoms with E-state index in [0.717, 1.165) is 0 Å². The highest BCUT2D eigenvalue weighted by Crippen LogP contribution is 2.38. The van der Waals surface area contributed by atoms with Crippen LogP contribution in [0.25, 0.3) is 0 Å². The lowest BCUT2D eigenvalue weighted by molar-refractivity contribution is 0.0954. The van der Waals surface area contributed by atoms with Crippen LogP contribution in [0.2, 0.25) is 0 Å². The van der Waals surface area contributed by atoms with Gasteiger partial charge in [-0.05, 0) is 24.3 Å². The van der Waals surface area contributed by atoms with E-state index in [9.17, 15) is 9.90 Å². The average Bonchev–Trinajstić information content (AvgIpc) is 2.73. The molecule has 2 aromatic carbocycles. The third-order valence-corrected chi connectivity index (χ3v) is 3.81. The average molecular weight is 390 g/mol. The Bertz CT molecular complexity index is 831. The summed E-state index contributed by atoms with van der Waals surface area (Å²) < 4.78 is 25.8. The lowest BCUT2D eigenvalue weighted by Gasteiger charge is -2.13. The molecule has 0 radical (unpaired) electrons. The third kappa shape index (κ3) is 4.37. The molecule has 0 unspecified atom stereocenters. The van der Waals surface area contributed by atoms with Crippen LogP contribution in [0.3, 0.4) is 0 Å². The molecule has 0 saturated carbocycles. The highest BCUT2D eigenvalue weighted by atomic mass is 16.5. The van der Waals surface area contributed by atoms with E-state index < -0.39 is 5.91 Å². The van der Waals surface area contributed by atoms with E-state index in [1.807, 2.05) is 0 Å². The smallest absolute Gasteiger partial charge is 0.271 e. The monoisotopic (exact) mass is 390 g/mol. The number of carbonyl (C=O) groups excluding carboxylic acids is 1. The molecule has 0 bridgehead atoms. The van der Waals surface area contributed by atoms with Crippen molar-refractivity contribution in [3.8, 4) is 34.5 Å². The van der Waals surface area contributed by atoms with Crippen molar-refractivity contribution in [2.45, 2.75) is 0 Å². The molecule has 0 aliphatic heterocycles. The van der Waals surface area contributed by atoms with Crippen LogP contribution in [0.1, 0.15) is 15.9 Å². The number of hydrogen-bond acceptors (Lipinski definition) is 8. The number of benzene rings is 2. The Morgan fingerprint density at radius 1 is 0.857 bits per heavy atom. The maximum absolute atomic E-state index is 12.4. The van der Waals surface area contributed by atoms with E-state index >= 15 is 0 Å². The van der Waals surface area contributed by atoms with Crippen LogP contribution in [-0.4, -0.2) is 52.8 Å². The highest BCUT2D eigenvalue weighted by molar-refractivity contribution is 5.96. The number of amides is 1. The Kier molecular flexibility index (Phi) is 6.91. The van der Waals surface area contributed by atoms with Gasteiger partial charge in [-0.2, -0.15) is 5.10 Å². The second kappa shape index (κ2) is 9.36. The third-order valence-electron chi connectivity index (χ3n) is 3.81. The van der Waals surface area contributed by atoms with Crippen molar-refractivity contribution in [3.63, 3.8) is 0 Å². The molecule has 9 heteroatoms. The molecule has 2 N–H and O–H groups in total. The summed E-state index contributed by atoms with van der Waals surface area (Å²) in [7, 11) is 7.24. The molecule has 2 aromatic rings. The van der Waals surface area contributed by atoms with Gasteiger partial charge in [-0.15, -0.1) is 0 Å². The summed E-state index contributed by atoms with van der Waals surface area (Å²) in [4.78, 5) is 12.4. The van der Waals surface area contributed by atoms with Crippen LogP contribution in [0.5, 0.6) is 34.5 Å². The predicted molar refractivity (Wildman–Crippen MR) is 102 cm³/mol. The van der Waals surface area contributed by atoms with Gasteiger partial charge in [0.05, 0.1) is 41.8 Å². The zero-order chi connectivity index (χ0) is 20.7. The van der Waals surface area contributed by atoms with Crippen molar-refractivity contribution in [1.29, 1.82) is 0 Å². The zero-order valence-electron chi connectivity index (χ0n) is 16.2. The van der Waals surface area contributed by atoms with Crippen molar-refractivity contribution in [2.75, 3.05) is 35.5 Å². The van der Waals surface area contributed by atoms with Gasteiger partial charge >= 0.3 is 0 Å². The zero-order valence-corrected chi connectivity index (χ0v) is 16.2. The van der Waals surface area contributed by atoms with E-state index in [2.05, 4.69) is 10.5 Å². The van der Waals surface area contributed by atoms with Crippen LogP contribution in [-0.2, 0) is 0 Å². The Morgan fingerprint density at radius 3 is 1.79 bits per heavy atom. The minimum Gasteiger partial charge on any atom is -0.502 e. The summed E-state index contributed by atoms with van der Waals surface area (Å²) in [6, 6.07) is 6.12. The fraction of sp³-hybridized carbons (Fsp3) is 0.263. The Morgan fingerprint density at radius 2 is 1.36 bits per heavy atom. The molecular formula is C19H22N2O7. The topological polar surface area (TPSA) is 108 Å². The quantitative estimate of drug-likeness (QED) is 0.525. The van der Waals surface area contributed by atoms with E-state index in [4.69, 9.17) is 23.7 Å². The normalized spacial score (nSPS) is 10.5. The fourth-order valence-electron chi connectivity index (χ4n) is 2.43. The number of aromatic hydroxyl groups is 1. The van der Waals surface area contributed by atoms with Crippen molar-refractivity contribution in [2.24, 2.45) is 5.10 Å². The van der Waals surface area contributed by atoms with Crippen molar-refractivity contribution in [3.05, 3.63) is 35.4 Å². The molecule has 1 amide bonds. The molecule has 0 heterocycles. The first-order valence-corrected chi connectivity index (χ1v) is 8.07. The van der Waals surface area contributed by atoms with E-state index in [1.165, 1.54) is 53.9 Å². The summed E-state index contributed by atoms with van der Waals surface area (Å²) in [5, 5.41) is 13.8. The van der Waals surface area contributed by atoms with Crippen LogP contribution in [0.15, 0.2) is 29.4 Å². The molecule has 150 valence electrons. The Labute approximate surface area is 162 Å². The summed E-state index contributed by atoms with van der Waals surface area (Å²) in [6.07, 6.45) is 1.39. The highest BCUT2D eigenvalue weighted by Gasteiger charge is 2.17. The van der Waals surface area contributed by atoms with Crippen molar-refractivity contribution in [1.82, 2.24) is 5.43 Å². The van der Waals surface area contributed by atoms with Crippen LogP contribution >= 0.6 is 0 Å². The summed E-state index contributed by atoms with van der Waals surface area (Å²) in [5.74, 6) is 0.923. The number of phenols is 1. The molecule has 28 heavy (non-hydrogen) atoms. The van der Waals surface area contributed by atoms with Crippen molar-refractivity contribution >= 4 is 12.1 Å². The minimum absolute atomic E-state index is 0.122. The molecule has 0 aromatic heterocycles. The number of rotatable bonds is 8. The first kappa shape index (κ1) is 20.7. The number of hydrogen-bond donors (Lipinski definition) is 2. The maximum Gasteiger partial charge on any atom is 0.271 e. The van der Waals surface area contributed by atoms with Crippen molar-refractivity contribution < 1.29 is 33.6 Å². The van der Waals surface area contributed by atoms with Gasteiger partial charge in [0.2, 0.25) is 11.5 Å². The number of nitrogens with zero attached hydrogens (tertiary/aromatic N) is 1. The van der Waals surface area contributed by atoms with E-state index in [0.29, 0.717) is 22.8 Å². The van der Waals surface area contributed by atoms with Gasteiger partial charge in [0.15, 0.2) is 23.0 Å². The molecule has 0 aliphatic carbocycles. The molecule has 2 rings (SSSR count). The maximum atomic E-state index is 12.4. The molecule has 0 atom stereocenters. The molecule has 0 fully saturated rings. The van der Waals surface area contributed by atoms with Gasteiger partial charge in [-0.1, -0.05) is 0 Å². The van der Waals surface area contributed by atoms with E-state index in [1.54, 1.807) is 12.1 Å². The number of ether oxygens (including phenoxy) is 5. The fourth-order valence-corrected chi connectivity index (χ4v) is 2.43. The van der Waals surface area contributed by atoms with Gasteiger partial charge in [0, 0.05) is 11.1 Å². The largest absolute Gasteiger partial charge is 0.502 e. The number of phenolic OH excluding ortho intramolecular Hbond substituents is 1. The number of carbonyl (C=O) groups is 1. The molecule has 0 aliphatic rings. The molecule has 0 saturated heterocycles. The van der Waals surface area contributed by atoms with Gasteiger partial charge < -0.3 is 28.8 Å².